The molecule has 0 saturated carbocycles. The number of carbonyl (C=O) groups is 3. The van der Waals surface area contributed by atoms with Gasteiger partial charge in [-0.05, 0) is 26.3 Å². The third kappa shape index (κ3) is 3.73. The van der Waals surface area contributed by atoms with Crippen LogP contribution in [0.5, 0.6) is 0 Å². The van der Waals surface area contributed by atoms with Gasteiger partial charge in [0.2, 0.25) is 0 Å². The van der Waals surface area contributed by atoms with Gasteiger partial charge in [0.1, 0.15) is 6.04 Å². The lowest BCUT2D eigenvalue weighted by atomic mass is 10.1. The van der Waals surface area contributed by atoms with E-state index in [1.54, 1.807) is 24.1 Å². The Labute approximate surface area is 141 Å². The summed E-state index contributed by atoms with van der Waals surface area (Å²) in [6.45, 7) is 4.65. The highest BCUT2D eigenvalue weighted by Gasteiger charge is 2.39. The minimum absolute atomic E-state index is 0.0385. The van der Waals surface area contributed by atoms with E-state index in [-0.39, 0.29) is 11.9 Å². The molecule has 1 heterocycles. The van der Waals surface area contributed by atoms with E-state index in [0.717, 1.165) is 5.69 Å². The highest BCUT2D eigenvalue weighted by atomic mass is 16.5. The maximum Gasteiger partial charge on any atom is 0.310 e. The summed E-state index contributed by atoms with van der Waals surface area (Å²) in [4.78, 5) is 38.2. The zero-order valence-electron chi connectivity index (χ0n) is 14.2. The van der Waals surface area contributed by atoms with E-state index in [1.165, 1.54) is 0 Å². The SMILES string of the molecule is COCCCNC(=O)C(=O)N[C@H]1C(=O)N(C(C)C)c2ccccc21. The molecule has 0 unspecified atom stereocenters. The van der Waals surface area contributed by atoms with Gasteiger partial charge in [-0.1, -0.05) is 18.2 Å². The van der Waals surface area contributed by atoms with E-state index in [9.17, 15) is 14.4 Å². The van der Waals surface area contributed by atoms with Gasteiger partial charge < -0.3 is 20.3 Å². The summed E-state index contributed by atoms with van der Waals surface area (Å²) in [5.74, 6) is -1.79. The standard InChI is InChI=1S/C17H23N3O4/c1-11(2)20-13-8-5-4-7-12(13)14(17(20)23)19-16(22)15(21)18-9-6-10-24-3/h4-5,7-8,11,14H,6,9-10H2,1-3H3,(H,18,21)(H,19,22)/t14-/m1/s1. The molecule has 0 fully saturated rings. The van der Waals surface area contributed by atoms with Crippen molar-refractivity contribution in [3.05, 3.63) is 29.8 Å². The van der Waals surface area contributed by atoms with Crippen LogP contribution in [0.2, 0.25) is 0 Å². The fourth-order valence-corrected chi connectivity index (χ4v) is 2.71. The van der Waals surface area contributed by atoms with Gasteiger partial charge in [-0.25, -0.2) is 0 Å². The number of rotatable bonds is 6. The van der Waals surface area contributed by atoms with Crippen molar-refractivity contribution in [1.29, 1.82) is 0 Å². The van der Waals surface area contributed by atoms with E-state index in [0.29, 0.717) is 25.1 Å². The second-order valence-electron chi connectivity index (χ2n) is 5.87. The Balaban J connectivity index is 2.05. The summed E-state index contributed by atoms with van der Waals surface area (Å²) in [7, 11) is 1.57. The molecule has 24 heavy (non-hydrogen) atoms. The van der Waals surface area contributed by atoms with Crippen molar-refractivity contribution in [1.82, 2.24) is 10.6 Å². The van der Waals surface area contributed by atoms with E-state index >= 15 is 0 Å². The summed E-state index contributed by atoms with van der Waals surface area (Å²) >= 11 is 0. The minimum atomic E-state index is -0.833. The van der Waals surface area contributed by atoms with Gasteiger partial charge in [-0.15, -0.1) is 0 Å². The number of methoxy groups -OCH3 is 1. The third-order valence-corrected chi connectivity index (χ3v) is 3.80. The summed E-state index contributed by atoms with van der Waals surface area (Å²) in [6, 6.07) is 6.40. The van der Waals surface area contributed by atoms with Gasteiger partial charge in [-0.3, -0.25) is 14.4 Å². The van der Waals surface area contributed by atoms with Crippen LogP contribution in [0.25, 0.3) is 0 Å². The van der Waals surface area contributed by atoms with Crippen molar-refractivity contribution in [2.45, 2.75) is 32.4 Å². The third-order valence-electron chi connectivity index (χ3n) is 3.80. The largest absolute Gasteiger partial charge is 0.385 e. The minimum Gasteiger partial charge on any atom is -0.385 e. The molecule has 7 nitrogen and oxygen atoms in total. The van der Waals surface area contributed by atoms with Crippen LogP contribution in [-0.2, 0) is 19.1 Å². The number of para-hydroxylation sites is 1. The van der Waals surface area contributed by atoms with Gasteiger partial charge >= 0.3 is 11.8 Å². The fraction of sp³-hybridized carbons (Fsp3) is 0.471. The molecule has 2 N–H and O–H groups in total. The highest BCUT2D eigenvalue weighted by molar-refractivity contribution is 6.35. The molecule has 1 aromatic rings. The van der Waals surface area contributed by atoms with Crippen molar-refractivity contribution in [3.8, 4) is 0 Å². The molecule has 7 heteroatoms. The maximum atomic E-state index is 12.6. The molecule has 1 aromatic carbocycles. The number of amides is 3. The number of nitrogens with one attached hydrogen (secondary N) is 2. The zero-order chi connectivity index (χ0) is 17.7. The predicted octanol–water partition coefficient (Wildman–Crippen LogP) is 0.752. The second kappa shape index (κ2) is 7.92. The summed E-state index contributed by atoms with van der Waals surface area (Å²) < 4.78 is 4.88. The van der Waals surface area contributed by atoms with E-state index in [4.69, 9.17) is 4.74 Å². The molecule has 1 aliphatic heterocycles. The molecule has 130 valence electrons. The Hall–Kier alpha value is -2.41. The lowest BCUT2D eigenvalue weighted by Crippen LogP contribution is -2.45. The second-order valence-corrected chi connectivity index (χ2v) is 5.87. The number of benzene rings is 1. The van der Waals surface area contributed by atoms with E-state index in [1.807, 2.05) is 26.0 Å². The molecule has 0 saturated heterocycles. The van der Waals surface area contributed by atoms with Crippen molar-refractivity contribution in [2.75, 3.05) is 25.2 Å². The number of carbonyl (C=O) groups excluding carboxylic acids is 3. The topological polar surface area (TPSA) is 87.7 Å². The van der Waals surface area contributed by atoms with Crippen LogP contribution in [0.3, 0.4) is 0 Å². The van der Waals surface area contributed by atoms with Crippen LogP contribution < -0.4 is 15.5 Å². The van der Waals surface area contributed by atoms with Gasteiger partial charge in [0.25, 0.3) is 5.91 Å². The normalized spacial score (nSPS) is 16.2. The molecule has 1 aliphatic rings. The van der Waals surface area contributed by atoms with Gasteiger partial charge in [0.15, 0.2) is 0 Å². The Kier molecular flexibility index (Phi) is 5.92. The zero-order valence-corrected chi connectivity index (χ0v) is 14.2. The fourth-order valence-electron chi connectivity index (χ4n) is 2.71. The van der Waals surface area contributed by atoms with Crippen LogP contribution >= 0.6 is 0 Å². The van der Waals surface area contributed by atoms with Crippen molar-refractivity contribution in [3.63, 3.8) is 0 Å². The molecule has 0 bridgehead atoms. The maximum absolute atomic E-state index is 12.6. The first-order valence-electron chi connectivity index (χ1n) is 7.97. The van der Waals surface area contributed by atoms with Crippen LogP contribution in [0.15, 0.2) is 24.3 Å². The summed E-state index contributed by atoms with van der Waals surface area (Å²) in [5.41, 5.74) is 1.47. The summed E-state index contributed by atoms with van der Waals surface area (Å²) in [6.07, 6.45) is 0.613. The van der Waals surface area contributed by atoms with Gasteiger partial charge in [-0.2, -0.15) is 0 Å². The number of anilines is 1. The molecule has 3 amide bonds. The van der Waals surface area contributed by atoms with E-state index in [2.05, 4.69) is 10.6 Å². The Morgan fingerprint density at radius 1 is 1.25 bits per heavy atom. The van der Waals surface area contributed by atoms with Crippen molar-refractivity contribution >= 4 is 23.4 Å². The number of ether oxygens (including phenoxy) is 1. The Bertz CT molecular complexity index is 630. The van der Waals surface area contributed by atoms with E-state index < -0.39 is 17.9 Å². The first-order chi connectivity index (χ1) is 11.5. The lowest BCUT2D eigenvalue weighted by molar-refractivity contribution is -0.140. The van der Waals surface area contributed by atoms with Gasteiger partial charge in [0.05, 0.1) is 0 Å². The Morgan fingerprint density at radius 2 is 1.96 bits per heavy atom. The lowest BCUT2D eigenvalue weighted by Gasteiger charge is -2.22. The molecule has 0 radical (unpaired) electrons. The quantitative estimate of drug-likeness (QED) is 0.594. The van der Waals surface area contributed by atoms with Crippen molar-refractivity contribution < 1.29 is 19.1 Å². The monoisotopic (exact) mass is 333 g/mol. The Morgan fingerprint density at radius 3 is 2.62 bits per heavy atom. The first-order valence-corrected chi connectivity index (χ1v) is 7.97. The summed E-state index contributed by atoms with van der Waals surface area (Å²) in [5, 5.41) is 5.05. The average molecular weight is 333 g/mol. The average Bonchev–Trinajstić information content (AvgIpc) is 2.83. The number of hydrogen-bond donors (Lipinski definition) is 2. The van der Waals surface area contributed by atoms with Crippen LogP contribution in [-0.4, -0.2) is 44.0 Å². The molecular weight excluding hydrogens is 310 g/mol. The molecule has 0 aromatic heterocycles. The highest BCUT2D eigenvalue weighted by Crippen LogP contribution is 2.36. The van der Waals surface area contributed by atoms with Crippen LogP contribution in [0.4, 0.5) is 5.69 Å². The molecule has 0 spiro atoms. The molecule has 1 atom stereocenters. The number of fused-ring (bicyclic) bond motifs is 1. The smallest absolute Gasteiger partial charge is 0.310 e. The van der Waals surface area contributed by atoms with Crippen molar-refractivity contribution in [2.24, 2.45) is 0 Å². The van der Waals surface area contributed by atoms with Gasteiger partial charge in [0, 0.05) is 37.6 Å². The molecular formula is C17H23N3O4. The number of hydrogen-bond acceptors (Lipinski definition) is 4. The predicted molar refractivity (Wildman–Crippen MR) is 89.5 cm³/mol. The molecule has 2 rings (SSSR count). The molecule has 0 aliphatic carbocycles. The number of nitrogens with zero attached hydrogens (tertiary/aromatic N) is 1. The van der Waals surface area contributed by atoms with Crippen LogP contribution in [0, 0.1) is 0 Å². The van der Waals surface area contributed by atoms with Crippen LogP contribution in [0.1, 0.15) is 31.9 Å². The first kappa shape index (κ1) is 17.9.